The molecule has 1 saturated carbocycles. The molecule has 9 heavy (non-hydrogen) atoms. The molecule has 1 aliphatic carbocycles. The van der Waals surface area contributed by atoms with Crippen molar-refractivity contribution in [1.82, 2.24) is 0 Å². The molecule has 2 atom stereocenters. The molecule has 1 aliphatic heterocycles. The number of hydrogen-bond donors (Lipinski definition) is 0. The average Bonchev–Trinajstić information content (AvgIpc) is 1.86. The maximum atomic E-state index is 10.7. The molecule has 0 bridgehead atoms. The van der Waals surface area contributed by atoms with Crippen LogP contribution in [-0.2, 0) is 14.3 Å². The van der Waals surface area contributed by atoms with Gasteiger partial charge in [0.2, 0.25) is 0 Å². The highest BCUT2D eigenvalue weighted by atomic mass is 16.6. The molecule has 0 N–H and O–H groups in total. The van der Waals surface area contributed by atoms with Crippen LogP contribution in [0.15, 0.2) is 0 Å². The van der Waals surface area contributed by atoms with Crippen LogP contribution in [0, 0.1) is 0 Å². The maximum Gasteiger partial charge on any atom is 0.166 e. The van der Waals surface area contributed by atoms with Gasteiger partial charge in [0.1, 0.15) is 6.10 Å². The van der Waals surface area contributed by atoms with Crippen molar-refractivity contribution < 1.29 is 14.3 Å². The average molecular weight is 128 g/mol. The van der Waals surface area contributed by atoms with E-state index in [-0.39, 0.29) is 18.0 Å². The van der Waals surface area contributed by atoms with Crippen molar-refractivity contribution in [3.05, 3.63) is 0 Å². The lowest BCUT2D eigenvalue weighted by Gasteiger charge is -2.37. The van der Waals surface area contributed by atoms with Crippen LogP contribution in [0.1, 0.15) is 6.42 Å². The summed E-state index contributed by atoms with van der Waals surface area (Å²) in [5, 5.41) is 0. The normalized spacial score (nSPS) is 41.6. The predicted molar refractivity (Wildman–Crippen MR) is 29.1 cm³/mol. The predicted octanol–water partition coefficient (Wildman–Crippen LogP) is -0.257. The molecule has 0 aromatic heterocycles. The summed E-state index contributed by atoms with van der Waals surface area (Å²) in [6.07, 6.45) is 0.440. The van der Waals surface area contributed by atoms with E-state index in [1.54, 1.807) is 0 Å². The van der Waals surface area contributed by atoms with Gasteiger partial charge in [0.15, 0.2) is 5.78 Å². The van der Waals surface area contributed by atoms with Crippen LogP contribution in [0.2, 0.25) is 0 Å². The van der Waals surface area contributed by atoms with Crippen molar-refractivity contribution in [1.29, 1.82) is 0 Å². The van der Waals surface area contributed by atoms with Crippen LogP contribution in [-0.4, -0.2) is 31.2 Å². The highest BCUT2D eigenvalue weighted by molar-refractivity contribution is 5.90. The Balaban J connectivity index is 2.01. The lowest BCUT2D eigenvalue weighted by molar-refractivity contribution is -0.191. The monoisotopic (exact) mass is 128 g/mol. The second-order valence-corrected chi connectivity index (χ2v) is 2.37. The summed E-state index contributed by atoms with van der Waals surface area (Å²) in [5.41, 5.74) is 0. The lowest BCUT2D eigenvalue weighted by atomic mass is 9.89. The molecule has 0 radical (unpaired) electrons. The Labute approximate surface area is 52.9 Å². The second-order valence-electron chi connectivity index (χ2n) is 2.37. The zero-order valence-electron chi connectivity index (χ0n) is 5.00. The fourth-order valence-corrected chi connectivity index (χ4v) is 1.19. The molecule has 0 spiro atoms. The van der Waals surface area contributed by atoms with Gasteiger partial charge in [-0.25, -0.2) is 0 Å². The SMILES string of the molecule is O=C1CC2OCCOC12. The summed E-state index contributed by atoms with van der Waals surface area (Å²) in [6.45, 7) is 1.22. The van der Waals surface area contributed by atoms with Crippen LogP contribution >= 0.6 is 0 Å². The Morgan fingerprint density at radius 3 is 2.67 bits per heavy atom. The van der Waals surface area contributed by atoms with Crippen molar-refractivity contribution in [2.45, 2.75) is 18.6 Å². The number of fused-ring (bicyclic) bond motifs is 1. The summed E-state index contributed by atoms with van der Waals surface area (Å²) >= 11 is 0. The first-order valence-corrected chi connectivity index (χ1v) is 3.14. The summed E-state index contributed by atoms with van der Waals surface area (Å²) < 4.78 is 10.3. The van der Waals surface area contributed by atoms with Gasteiger partial charge < -0.3 is 9.47 Å². The van der Waals surface area contributed by atoms with Gasteiger partial charge in [-0.05, 0) is 0 Å². The third-order valence-electron chi connectivity index (χ3n) is 1.77. The zero-order chi connectivity index (χ0) is 6.27. The first-order chi connectivity index (χ1) is 4.38. The quantitative estimate of drug-likeness (QED) is 0.451. The summed E-state index contributed by atoms with van der Waals surface area (Å²) in [7, 11) is 0. The fourth-order valence-electron chi connectivity index (χ4n) is 1.19. The van der Waals surface area contributed by atoms with Crippen LogP contribution < -0.4 is 0 Å². The third kappa shape index (κ3) is 0.686. The van der Waals surface area contributed by atoms with Crippen LogP contribution in [0.3, 0.4) is 0 Å². The van der Waals surface area contributed by atoms with E-state index in [9.17, 15) is 4.79 Å². The number of Topliss-reactive ketones (excluding diaryl/α,β-unsaturated/α-hetero) is 1. The Hall–Kier alpha value is -0.410. The number of hydrogen-bond acceptors (Lipinski definition) is 3. The van der Waals surface area contributed by atoms with Crippen molar-refractivity contribution in [2.75, 3.05) is 13.2 Å². The number of carbonyl (C=O) groups excluding carboxylic acids is 1. The maximum absolute atomic E-state index is 10.7. The standard InChI is InChI=1S/C6H8O3/c7-4-3-5-6(4)9-2-1-8-5/h5-6H,1-3H2. The zero-order valence-corrected chi connectivity index (χ0v) is 5.00. The highest BCUT2D eigenvalue weighted by Gasteiger charge is 2.43. The van der Waals surface area contributed by atoms with Gasteiger partial charge in [-0.3, -0.25) is 4.79 Å². The van der Waals surface area contributed by atoms with Crippen molar-refractivity contribution in [3.8, 4) is 0 Å². The topological polar surface area (TPSA) is 35.5 Å². The molecule has 2 aliphatic rings. The largest absolute Gasteiger partial charge is 0.372 e. The smallest absolute Gasteiger partial charge is 0.166 e. The number of ether oxygens (including phenoxy) is 2. The Kier molecular flexibility index (Phi) is 1.07. The van der Waals surface area contributed by atoms with Gasteiger partial charge in [0.25, 0.3) is 0 Å². The minimum absolute atomic E-state index is 0.0891. The van der Waals surface area contributed by atoms with E-state index < -0.39 is 0 Å². The van der Waals surface area contributed by atoms with E-state index >= 15 is 0 Å². The first kappa shape index (κ1) is 5.38. The molecule has 2 fully saturated rings. The van der Waals surface area contributed by atoms with Crippen molar-refractivity contribution in [3.63, 3.8) is 0 Å². The van der Waals surface area contributed by atoms with Crippen molar-refractivity contribution in [2.24, 2.45) is 0 Å². The molecular formula is C6H8O3. The number of ketones is 1. The van der Waals surface area contributed by atoms with Crippen molar-refractivity contribution >= 4 is 5.78 Å². The van der Waals surface area contributed by atoms with E-state index in [1.165, 1.54) is 0 Å². The minimum Gasteiger partial charge on any atom is -0.372 e. The highest BCUT2D eigenvalue weighted by Crippen LogP contribution is 2.25. The molecule has 50 valence electrons. The third-order valence-corrected chi connectivity index (χ3v) is 1.77. The van der Waals surface area contributed by atoms with Gasteiger partial charge in [0.05, 0.1) is 19.3 Å². The molecule has 3 heteroatoms. The molecule has 0 aromatic carbocycles. The van der Waals surface area contributed by atoms with Crippen LogP contribution in [0.4, 0.5) is 0 Å². The summed E-state index contributed by atoms with van der Waals surface area (Å²) in [5.74, 6) is 0.194. The Morgan fingerprint density at radius 1 is 1.33 bits per heavy atom. The molecule has 2 unspecified atom stereocenters. The Morgan fingerprint density at radius 2 is 2.11 bits per heavy atom. The van der Waals surface area contributed by atoms with Gasteiger partial charge in [0, 0.05) is 6.42 Å². The van der Waals surface area contributed by atoms with E-state index in [2.05, 4.69) is 0 Å². The number of carbonyl (C=O) groups is 1. The van der Waals surface area contributed by atoms with Gasteiger partial charge in [-0.2, -0.15) is 0 Å². The van der Waals surface area contributed by atoms with E-state index in [0.717, 1.165) is 0 Å². The number of rotatable bonds is 0. The first-order valence-electron chi connectivity index (χ1n) is 3.14. The van der Waals surface area contributed by atoms with E-state index in [1.807, 2.05) is 0 Å². The van der Waals surface area contributed by atoms with Gasteiger partial charge >= 0.3 is 0 Å². The molecule has 3 nitrogen and oxygen atoms in total. The second kappa shape index (κ2) is 1.78. The minimum atomic E-state index is -0.209. The molecule has 0 amide bonds. The lowest BCUT2D eigenvalue weighted by Crippen LogP contribution is -2.54. The molecule has 1 heterocycles. The van der Waals surface area contributed by atoms with Crippen LogP contribution in [0.25, 0.3) is 0 Å². The summed E-state index contributed by atoms with van der Waals surface area (Å²) in [4.78, 5) is 10.7. The molecular weight excluding hydrogens is 120 g/mol. The van der Waals surface area contributed by atoms with Crippen LogP contribution in [0.5, 0.6) is 0 Å². The van der Waals surface area contributed by atoms with E-state index in [4.69, 9.17) is 9.47 Å². The fraction of sp³-hybridized carbons (Fsp3) is 0.833. The van der Waals surface area contributed by atoms with E-state index in [0.29, 0.717) is 19.6 Å². The Bertz CT molecular complexity index is 143. The van der Waals surface area contributed by atoms with Gasteiger partial charge in [-0.1, -0.05) is 0 Å². The molecule has 1 saturated heterocycles. The molecule has 2 rings (SSSR count). The molecule has 0 aromatic rings. The van der Waals surface area contributed by atoms with Gasteiger partial charge in [-0.15, -0.1) is 0 Å². The summed E-state index contributed by atoms with van der Waals surface area (Å²) in [6, 6.07) is 0.